The summed E-state index contributed by atoms with van der Waals surface area (Å²) in [5.41, 5.74) is -0.226. The van der Waals surface area contributed by atoms with Gasteiger partial charge in [0.15, 0.2) is 0 Å². The molecule has 28 heavy (non-hydrogen) atoms. The van der Waals surface area contributed by atoms with E-state index < -0.39 is 17.3 Å². The van der Waals surface area contributed by atoms with E-state index in [4.69, 9.17) is 4.74 Å². The van der Waals surface area contributed by atoms with Crippen molar-refractivity contribution in [2.45, 2.75) is 64.4 Å². The van der Waals surface area contributed by atoms with Crippen molar-refractivity contribution in [3.8, 4) is 0 Å². The molecular formula is C21H29F3N2O2. The summed E-state index contributed by atoms with van der Waals surface area (Å²) in [5.74, 6) is 0.465. The van der Waals surface area contributed by atoms with Gasteiger partial charge >= 0.3 is 12.3 Å². The lowest BCUT2D eigenvalue weighted by Gasteiger charge is -2.44. The SMILES string of the molecule is C[C@H]1CN(C(=O)OC(C)(C)C)CCN1[C@H](c1ccc(C(F)(F)F)cc1)C1CC1. The van der Waals surface area contributed by atoms with Crippen LogP contribution >= 0.6 is 0 Å². The second-order valence-corrected chi connectivity index (χ2v) is 8.92. The summed E-state index contributed by atoms with van der Waals surface area (Å²) in [7, 11) is 0. The number of hydrogen-bond donors (Lipinski definition) is 0. The second kappa shape index (κ2) is 7.58. The van der Waals surface area contributed by atoms with Gasteiger partial charge < -0.3 is 9.64 Å². The molecule has 1 aromatic rings. The molecule has 0 N–H and O–H groups in total. The minimum absolute atomic E-state index is 0.0954. The molecule has 0 aromatic heterocycles. The van der Waals surface area contributed by atoms with Gasteiger partial charge in [-0.3, -0.25) is 4.90 Å². The van der Waals surface area contributed by atoms with Crippen LogP contribution in [0.5, 0.6) is 0 Å². The van der Waals surface area contributed by atoms with Crippen LogP contribution in [0.3, 0.4) is 0 Å². The van der Waals surface area contributed by atoms with Crippen LogP contribution < -0.4 is 0 Å². The molecule has 1 amide bonds. The number of ether oxygens (including phenoxy) is 1. The molecule has 1 aliphatic carbocycles. The molecule has 1 heterocycles. The molecule has 1 aliphatic heterocycles. The van der Waals surface area contributed by atoms with Crippen molar-refractivity contribution in [3.63, 3.8) is 0 Å². The van der Waals surface area contributed by atoms with Crippen LogP contribution in [0.4, 0.5) is 18.0 Å². The Morgan fingerprint density at radius 3 is 2.18 bits per heavy atom. The smallest absolute Gasteiger partial charge is 0.416 e. The monoisotopic (exact) mass is 398 g/mol. The van der Waals surface area contributed by atoms with Gasteiger partial charge in [0.25, 0.3) is 0 Å². The third-order valence-corrected chi connectivity index (χ3v) is 5.34. The van der Waals surface area contributed by atoms with Crippen molar-refractivity contribution in [1.29, 1.82) is 0 Å². The van der Waals surface area contributed by atoms with Gasteiger partial charge in [-0.2, -0.15) is 13.2 Å². The predicted molar refractivity (Wildman–Crippen MR) is 101 cm³/mol. The van der Waals surface area contributed by atoms with Gasteiger partial charge in [-0.15, -0.1) is 0 Å². The Kier molecular flexibility index (Phi) is 5.67. The van der Waals surface area contributed by atoms with Gasteiger partial charge in [0.2, 0.25) is 0 Å². The van der Waals surface area contributed by atoms with Gasteiger partial charge in [0.05, 0.1) is 5.56 Å². The standard InChI is InChI=1S/C21H29F3N2O2/c1-14-13-25(19(27)28-20(2,3)4)11-12-26(14)18(15-5-6-15)16-7-9-17(10-8-16)21(22,23)24/h7-10,14-15,18H,5-6,11-13H2,1-4H3/t14-,18-/m0/s1. The zero-order chi connectivity index (χ0) is 20.7. The highest BCUT2D eigenvalue weighted by Gasteiger charge is 2.41. The quantitative estimate of drug-likeness (QED) is 0.710. The molecule has 2 atom stereocenters. The fraction of sp³-hybridized carbons (Fsp3) is 0.667. The van der Waals surface area contributed by atoms with Crippen molar-refractivity contribution >= 4 is 6.09 Å². The molecule has 2 fully saturated rings. The number of nitrogens with zero attached hydrogens (tertiary/aromatic N) is 2. The fourth-order valence-electron chi connectivity index (χ4n) is 3.89. The molecule has 156 valence electrons. The number of halogens is 3. The summed E-state index contributed by atoms with van der Waals surface area (Å²) in [4.78, 5) is 16.4. The second-order valence-electron chi connectivity index (χ2n) is 8.92. The summed E-state index contributed by atoms with van der Waals surface area (Å²) in [6.45, 7) is 9.40. The number of carbonyl (C=O) groups is 1. The number of benzene rings is 1. The molecule has 2 aliphatic rings. The van der Waals surface area contributed by atoms with Crippen molar-refractivity contribution in [2.75, 3.05) is 19.6 Å². The molecule has 7 heteroatoms. The molecular weight excluding hydrogens is 369 g/mol. The summed E-state index contributed by atoms with van der Waals surface area (Å²) < 4.78 is 44.1. The van der Waals surface area contributed by atoms with Crippen molar-refractivity contribution in [3.05, 3.63) is 35.4 Å². The van der Waals surface area contributed by atoms with Crippen molar-refractivity contribution in [1.82, 2.24) is 9.80 Å². The van der Waals surface area contributed by atoms with Crippen LogP contribution in [0.1, 0.15) is 57.7 Å². The average molecular weight is 398 g/mol. The number of hydrogen-bond acceptors (Lipinski definition) is 3. The lowest BCUT2D eigenvalue weighted by Crippen LogP contribution is -2.55. The zero-order valence-electron chi connectivity index (χ0n) is 16.9. The summed E-state index contributed by atoms with van der Waals surface area (Å²) in [6.07, 6.45) is -2.45. The first kappa shape index (κ1) is 21.0. The Bertz CT molecular complexity index is 693. The van der Waals surface area contributed by atoms with E-state index in [9.17, 15) is 18.0 Å². The highest BCUT2D eigenvalue weighted by atomic mass is 19.4. The fourth-order valence-corrected chi connectivity index (χ4v) is 3.89. The number of carbonyl (C=O) groups excluding carboxylic acids is 1. The molecule has 0 spiro atoms. The minimum atomic E-state index is -4.32. The van der Waals surface area contributed by atoms with E-state index in [1.54, 1.807) is 17.0 Å². The number of alkyl halides is 3. The highest BCUT2D eigenvalue weighted by molar-refractivity contribution is 5.68. The van der Waals surface area contributed by atoms with Crippen molar-refractivity contribution in [2.24, 2.45) is 5.92 Å². The van der Waals surface area contributed by atoms with Gasteiger partial charge in [-0.1, -0.05) is 12.1 Å². The van der Waals surface area contributed by atoms with E-state index in [0.29, 0.717) is 25.6 Å². The minimum Gasteiger partial charge on any atom is -0.444 e. The number of amides is 1. The average Bonchev–Trinajstić information content (AvgIpc) is 3.39. The van der Waals surface area contributed by atoms with Crippen molar-refractivity contribution < 1.29 is 22.7 Å². The molecule has 0 bridgehead atoms. The lowest BCUT2D eigenvalue weighted by atomic mass is 9.96. The Hall–Kier alpha value is -1.76. The van der Waals surface area contributed by atoms with E-state index in [0.717, 1.165) is 18.4 Å². The summed E-state index contributed by atoms with van der Waals surface area (Å²) >= 11 is 0. The first-order valence-corrected chi connectivity index (χ1v) is 9.86. The maximum absolute atomic E-state index is 12.9. The maximum atomic E-state index is 12.9. The molecule has 4 nitrogen and oxygen atoms in total. The van der Waals surface area contributed by atoms with Gasteiger partial charge in [0.1, 0.15) is 5.60 Å². The first-order valence-electron chi connectivity index (χ1n) is 9.86. The zero-order valence-corrected chi connectivity index (χ0v) is 16.9. The molecule has 0 unspecified atom stereocenters. The van der Waals surface area contributed by atoms with Gasteiger partial charge in [0, 0.05) is 31.7 Å². The van der Waals surface area contributed by atoms with E-state index in [1.165, 1.54) is 12.1 Å². The lowest BCUT2D eigenvalue weighted by molar-refractivity contribution is -0.137. The molecule has 1 saturated heterocycles. The van der Waals surface area contributed by atoms with Crippen LogP contribution in [0, 0.1) is 5.92 Å². The van der Waals surface area contributed by atoms with Gasteiger partial charge in [-0.25, -0.2) is 4.79 Å². The Labute approximate surface area is 164 Å². The molecule has 0 radical (unpaired) electrons. The molecule has 3 rings (SSSR count). The van der Waals surface area contributed by atoms with Crippen LogP contribution in [0.15, 0.2) is 24.3 Å². The summed E-state index contributed by atoms with van der Waals surface area (Å²) in [6, 6.07) is 5.77. The van der Waals surface area contributed by atoms with E-state index in [2.05, 4.69) is 11.8 Å². The van der Waals surface area contributed by atoms with E-state index in [-0.39, 0.29) is 18.2 Å². The Morgan fingerprint density at radius 2 is 1.71 bits per heavy atom. The van der Waals surface area contributed by atoms with E-state index >= 15 is 0 Å². The predicted octanol–water partition coefficient (Wildman–Crippen LogP) is 5.10. The molecule has 1 saturated carbocycles. The number of piperazine rings is 1. The normalized spacial score (nSPS) is 22.8. The largest absolute Gasteiger partial charge is 0.444 e. The maximum Gasteiger partial charge on any atom is 0.416 e. The first-order chi connectivity index (χ1) is 13.0. The third-order valence-electron chi connectivity index (χ3n) is 5.34. The topological polar surface area (TPSA) is 32.8 Å². The summed E-state index contributed by atoms with van der Waals surface area (Å²) in [5, 5.41) is 0. The third kappa shape index (κ3) is 4.99. The Morgan fingerprint density at radius 1 is 1.11 bits per heavy atom. The van der Waals surface area contributed by atoms with Crippen LogP contribution in [0.25, 0.3) is 0 Å². The highest BCUT2D eigenvalue weighted by Crippen LogP contribution is 2.46. The van der Waals surface area contributed by atoms with Crippen LogP contribution in [0.2, 0.25) is 0 Å². The van der Waals surface area contributed by atoms with E-state index in [1.807, 2.05) is 20.8 Å². The van der Waals surface area contributed by atoms with Crippen LogP contribution in [-0.4, -0.2) is 47.2 Å². The molecule has 1 aromatic carbocycles. The van der Waals surface area contributed by atoms with Gasteiger partial charge in [-0.05, 0) is 64.2 Å². The Balaban J connectivity index is 1.71. The van der Waals surface area contributed by atoms with Crippen LogP contribution in [-0.2, 0) is 10.9 Å². The number of rotatable bonds is 3.